The molecule has 0 aliphatic carbocycles. The summed E-state index contributed by atoms with van der Waals surface area (Å²) >= 11 is 0. The molecule has 1 atom stereocenters. The van der Waals surface area contributed by atoms with Gasteiger partial charge in [0.15, 0.2) is 6.29 Å². The lowest BCUT2D eigenvalue weighted by Gasteiger charge is -2.30. The summed E-state index contributed by atoms with van der Waals surface area (Å²) < 4.78 is 0. The molecular formula is C8H19NO2. The lowest BCUT2D eigenvalue weighted by molar-refractivity contribution is -0.133. The van der Waals surface area contributed by atoms with E-state index in [4.69, 9.17) is 15.9 Å². The van der Waals surface area contributed by atoms with E-state index in [1.54, 1.807) is 0 Å². The van der Waals surface area contributed by atoms with E-state index in [0.717, 1.165) is 12.8 Å². The first-order valence-electron chi connectivity index (χ1n) is 4.13. The molecule has 0 radical (unpaired) electrons. The van der Waals surface area contributed by atoms with E-state index < -0.39 is 11.7 Å². The SMILES string of the molecule is CCCC(C)(CCN)C(O)O. The molecule has 0 aromatic heterocycles. The van der Waals surface area contributed by atoms with Crippen LogP contribution in [-0.2, 0) is 0 Å². The van der Waals surface area contributed by atoms with Crippen LogP contribution in [0.2, 0.25) is 0 Å². The fraction of sp³-hybridized carbons (Fsp3) is 1.00. The Bertz CT molecular complexity index is 98.3. The van der Waals surface area contributed by atoms with Crippen LogP contribution in [0.5, 0.6) is 0 Å². The van der Waals surface area contributed by atoms with E-state index in [0.29, 0.717) is 13.0 Å². The molecule has 3 heteroatoms. The normalized spacial score (nSPS) is 16.9. The number of nitrogens with two attached hydrogens (primary N) is 1. The van der Waals surface area contributed by atoms with Crippen molar-refractivity contribution in [1.29, 1.82) is 0 Å². The minimum atomic E-state index is -1.24. The van der Waals surface area contributed by atoms with Gasteiger partial charge < -0.3 is 15.9 Å². The first-order chi connectivity index (χ1) is 5.06. The monoisotopic (exact) mass is 161 g/mol. The van der Waals surface area contributed by atoms with Gasteiger partial charge in [0.25, 0.3) is 0 Å². The Hall–Kier alpha value is -0.120. The third-order valence-electron chi connectivity index (χ3n) is 2.16. The van der Waals surface area contributed by atoms with Gasteiger partial charge in [-0.1, -0.05) is 20.3 Å². The maximum atomic E-state index is 9.03. The molecule has 0 rings (SSSR count). The van der Waals surface area contributed by atoms with E-state index in [-0.39, 0.29) is 0 Å². The van der Waals surface area contributed by atoms with E-state index in [1.807, 2.05) is 13.8 Å². The van der Waals surface area contributed by atoms with Gasteiger partial charge in [0, 0.05) is 5.41 Å². The topological polar surface area (TPSA) is 66.5 Å². The molecule has 0 bridgehead atoms. The van der Waals surface area contributed by atoms with Gasteiger partial charge in [-0.3, -0.25) is 0 Å². The van der Waals surface area contributed by atoms with Crippen molar-refractivity contribution in [2.24, 2.45) is 11.1 Å². The van der Waals surface area contributed by atoms with Crippen molar-refractivity contribution in [3.63, 3.8) is 0 Å². The highest BCUT2D eigenvalue weighted by Crippen LogP contribution is 2.29. The second kappa shape index (κ2) is 4.70. The van der Waals surface area contributed by atoms with Crippen LogP contribution in [0, 0.1) is 5.41 Å². The molecule has 0 aliphatic rings. The van der Waals surface area contributed by atoms with Crippen LogP contribution in [-0.4, -0.2) is 23.0 Å². The molecule has 0 heterocycles. The van der Waals surface area contributed by atoms with Gasteiger partial charge in [-0.15, -0.1) is 0 Å². The molecule has 68 valence electrons. The maximum Gasteiger partial charge on any atom is 0.156 e. The number of aliphatic hydroxyl groups excluding tert-OH is 1. The number of rotatable bonds is 5. The summed E-state index contributed by atoms with van der Waals surface area (Å²) in [6, 6.07) is 0. The first-order valence-corrected chi connectivity index (χ1v) is 4.13. The van der Waals surface area contributed by atoms with Crippen molar-refractivity contribution in [3.8, 4) is 0 Å². The van der Waals surface area contributed by atoms with Gasteiger partial charge >= 0.3 is 0 Å². The zero-order valence-corrected chi connectivity index (χ0v) is 7.38. The van der Waals surface area contributed by atoms with Crippen molar-refractivity contribution in [3.05, 3.63) is 0 Å². The Balaban J connectivity index is 4.01. The fourth-order valence-corrected chi connectivity index (χ4v) is 1.28. The summed E-state index contributed by atoms with van der Waals surface area (Å²) in [7, 11) is 0. The Kier molecular flexibility index (Phi) is 4.65. The minimum absolute atomic E-state index is 0.413. The Morgan fingerprint density at radius 3 is 2.18 bits per heavy atom. The molecule has 0 saturated heterocycles. The van der Waals surface area contributed by atoms with Gasteiger partial charge in [-0.25, -0.2) is 0 Å². The van der Waals surface area contributed by atoms with Crippen LogP contribution in [0.25, 0.3) is 0 Å². The van der Waals surface area contributed by atoms with E-state index in [2.05, 4.69) is 0 Å². The molecule has 0 saturated carbocycles. The van der Waals surface area contributed by atoms with Crippen molar-refractivity contribution in [1.82, 2.24) is 0 Å². The average Bonchev–Trinajstić information content (AvgIpc) is 1.88. The molecule has 4 N–H and O–H groups in total. The highest BCUT2D eigenvalue weighted by molar-refractivity contribution is 4.75. The Morgan fingerprint density at radius 1 is 1.36 bits per heavy atom. The second-order valence-corrected chi connectivity index (χ2v) is 3.32. The molecule has 0 aromatic carbocycles. The summed E-state index contributed by atoms with van der Waals surface area (Å²) in [5, 5.41) is 18.1. The number of hydrogen-bond donors (Lipinski definition) is 3. The Labute approximate surface area is 68.2 Å². The quantitative estimate of drug-likeness (QED) is 0.513. The van der Waals surface area contributed by atoms with Crippen molar-refractivity contribution in [2.45, 2.75) is 39.4 Å². The lowest BCUT2D eigenvalue weighted by atomic mass is 9.81. The lowest BCUT2D eigenvalue weighted by Crippen LogP contribution is -2.34. The molecule has 0 fully saturated rings. The summed E-state index contributed by atoms with van der Waals surface area (Å²) in [6.45, 7) is 4.39. The smallest absolute Gasteiger partial charge is 0.156 e. The van der Waals surface area contributed by atoms with Crippen molar-refractivity contribution >= 4 is 0 Å². The molecule has 1 unspecified atom stereocenters. The van der Waals surface area contributed by atoms with Crippen LogP contribution in [0.15, 0.2) is 0 Å². The van der Waals surface area contributed by atoms with Gasteiger partial charge in [0.05, 0.1) is 0 Å². The summed E-state index contributed by atoms with van der Waals surface area (Å²) in [5.41, 5.74) is 4.95. The zero-order valence-electron chi connectivity index (χ0n) is 7.38. The second-order valence-electron chi connectivity index (χ2n) is 3.32. The highest BCUT2D eigenvalue weighted by Gasteiger charge is 2.29. The predicted octanol–water partition coefficient (Wildman–Crippen LogP) is 0.452. The molecular weight excluding hydrogens is 142 g/mol. The van der Waals surface area contributed by atoms with E-state index in [9.17, 15) is 0 Å². The van der Waals surface area contributed by atoms with Crippen molar-refractivity contribution < 1.29 is 10.2 Å². The van der Waals surface area contributed by atoms with Crippen LogP contribution >= 0.6 is 0 Å². The summed E-state index contributed by atoms with van der Waals surface area (Å²) in [6.07, 6.45) is 1.18. The average molecular weight is 161 g/mol. The largest absolute Gasteiger partial charge is 0.368 e. The molecule has 3 nitrogen and oxygen atoms in total. The third kappa shape index (κ3) is 3.18. The van der Waals surface area contributed by atoms with Crippen LogP contribution < -0.4 is 5.73 Å². The van der Waals surface area contributed by atoms with Gasteiger partial charge in [-0.05, 0) is 19.4 Å². The van der Waals surface area contributed by atoms with Gasteiger partial charge in [-0.2, -0.15) is 0 Å². The fourth-order valence-electron chi connectivity index (χ4n) is 1.28. The summed E-state index contributed by atoms with van der Waals surface area (Å²) in [4.78, 5) is 0. The third-order valence-corrected chi connectivity index (χ3v) is 2.16. The van der Waals surface area contributed by atoms with E-state index >= 15 is 0 Å². The van der Waals surface area contributed by atoms with Gasteiger partial charge in [0.2, 0.25) is 0 Å². The molecule has 0 spiro atoms. The zero-order chi connectivity index (χ0) is 8.91. The predicted molar refractivity (Wildman–Crippen MR) is 44.9 cm³/mol. The van der Waals surface area contributed by atoms with Crippen LogP contribution in [0.3, 0.4) is 0 Å². The standard InChI is InChI=1S/C8H19NO2/c1-3-4-8(2,5-6-9)7(10)11/h7,10-11H,3-6,9H2,1-2H3. The molecule has 0 amide bonds. The van der Waals surface area contributed by atoms with E-state index in [1.165, 1.54) is 0 Å². The summed E-state index contributed by atoms with van der Waals surface area (Å²) in [5.74, 6) is 0. The maximum absolute atomic E-state index is 9.03. The van der Waals surface area contributed by atoms with Crippen LogP contribution in [0.4, 0.5) is 0 Å². The molecule has 0 aromatic rings. The highest BCUT2D eigenvalue weighted by atomic mass is 16.5. The number of aliphatic hydroxyl groups is 2. The molecule has 11 heavy (non-hydrogen) atoms. The number of hydrogen-bond acceptors (Lipinski definition) is 3. The minimum Gasteiger partial charge on any atom is -0.368 e. The van der Waals surface area contributed by atoms with Crippen LogP contribution in [0.1, 0.15) is 33.1 Å². The molecule has 0 aliphatic heterocycles. The Morgan fingerprint density at radius 2 is 1.91 bits per heavy atom. The first kappa shape index (κ1) is 10.9. The van der Waals surface area contributed by atoms with Gasteiger partial charge in [0.1, 0.15) is 0 Å². The van der Waals surface area contributed by atoms with Crippen molar-refractivity contribution in [2.75, 3.05) is 6.54 Å².